The van der Waals surface area contributed by atoms with Crippen LogP contribution in [0.5, 0.6) is 0 Å². The fourth-order valence-corrected chi connectivity index (χ4v) is 1.91. The van der Waals surface area contributed by atoms with Crippen LogP contribution in [0.4, 0.5) is 17.6 Å². The molecule has 1 aromatic carbocycles. The maximum Gasteiger partial charge on any atom is 0.390 e. The SMILES string of the molecule is CCCNC(Cc1ccc(Cl)c(F)c1)CC(F)(F)F. The summed E-state index contributed by atoms with van der Waals surface area (Å²) in [5.74, 6) is -0.611. The van der Waals surface area contributed by atoms with Crippen molar-refractivity contribution in [3.05, 3.63) is 34.6 Å². The Kier molecular flexibility index (Phi) is 6.07. The van der Waals surface area contributed by atoms with Gasteiger partial charge in [0.25, 0.3) is 0 Å². The lowest BCUT2D eigenvalue weighted by molar-refractivity contribution is -0.139. The van der Waals surface area contributed by atoms with Crippen LogP contribution >= 0.6 is 11.6 Å². The summed E-state index contributed by atoms with van der Waals surface area (Å²) < 4.78 is 50.6. The maximum absolute atomic E-state index is 13.2. The van der Waals surface area contributed by atoms with Gasteiger partial charge in [0.1, 0.15) is 5.82 Å². The summed E-state index contributed by atoms with van der Waals surface area (Å²) in [6.07, 6.45) is -4.31. The van der Waals surface area contributed by atoms with E-state index in [1.165, 1.54) is 12.1 Å². The van der Waals surface area contributed by atoms with Crippen LogP contribution in [0, 0.1) is 5.82 Å². The minimum absolute atomic E-state index is 0.0300. The van der Waals surface area contributed by atoms with Crippen LogP contribution in [0.2, 0.25) is 5.02 Å². The van der Waals surface area contributed by atoms with E-state index in [1.807, 2.05) is 6.92 Å². The summed E-state index contributed by atoms with van der Waals surface area (Å²) in [7, 11) is 0. The molecule has 0 heterocycles. The number of nitrogens with one attached hydrogen (secondary N) is 1. The molecule has 0 saturated heterocycles. The highest BCUT2D eigenvalue weighted by Crippen LogP contribution is 2.24. The molecule has 1 aromatic rings. The van der Waals surface area contributed by atoms with Crippen molar-refractivity contribution < 1.29 is 17.6 Å². The van der Waals surface area contributed by atoms with E-state index in [0.717, 1.165) is 6.42 Å². The molecule has 0 saturated carbocycles. The van der Waals surface area contributed by atoms with Gasteiger partial charge >= 0.3 is 6.18 Å². The zero-order valence-electron chi connectivity index (χ0n) is 10.5. The van der Waals surface area contributed by atoms with Crippen molar-refractivity contribution in [2.24, 2.45) is 0 Å². The lowest BCUT2D eigenvalue weighted by Crippen LogP contribution is -2.36. The predicted octanol–water partition coefficient (Wildman–Crippen LogP) is 4.34. The van der Waals surface area contributed by atoms with Crippen molar-refractivity contribution in [3.63, 3.8) is 0 Å². The van der Waals surface area contributed by atoms with E-state index in [2.05, 4.69) is 5.32 Å². The zero-order valence-corrected chi connectivity index (χ0v) is 11.3. The molecule has 0 bridgehead atoms. The number of rotatable bonds is 6. The smallest absolute Gasteiger partial charge is 0.313 e. The Morgan fingerprint density at radius 3 is 2.53 bits per heavy atom. The Bertz CT molecular complexity index is 406. The lowest BCUT2D eigenvalue weighted by Gasteiger charge is -2.20. The number of benzene rings is 1. The molecular formula is C13H16ClF4N. The fourth-order valence-electron chi connectivity index (χ4n) is 1.80. The highest BCUT2D eigenvalue weighted by Gasteiger charge is 2.31. The number of alkyl halides is 3. The van der Waals surface area contributed by atoms with Crippen LogP contribution in [-0.2, 0) is 6.42 Å². The third-order valence-electron chi connectivity index (χ3n) is 2.63. The van der Waals surface area contributed by atoms with Crippen LogP contribution in [0.15, 0.2) is 18.2 Å². The first-order valence-corrected chi connectivity index (χ1v) is 6.43. The molecule has 1 N–H and O–H groups in total. The van der Waals surface area contributed by atoms with Crippen molar-refractivity contribution in [2.75, 3.05) is 6.54 Å². The van der Waals surface area contributed by atoms with Crippen LogP contribution in [0.25, 0.3) is 0 Å². The van der Waals surface area contributed by atoms with Crippen molar-refractivity contribution in [3.8, 4) is 0 Å². The summed E-state index contributed by atoms with van der Waals surface area (Å²) in [5.41, 5.74) is 0.500. The summed E-state index contributed by atoms with van der Waals surface area (Å²) in [4.78, 5) is 0. The van der Waals surface area contributed by atoms with E-state index in [-0.39, 0.29) is 11.4 Å². The fraction of sp³-hybridized carbons (Fsp3) is 0.538. The minimum atomic E-state index is -4.24. The first kappa shape index (κ1) is 16.2. The molecule has 0 spiro atoms. The molecule has 1 unspecified atom stereocenters. The second-order valence-corrected chi connectivity index (χ2v) is 4.83. The van der Waals surface area contributed by atoms with Crippen LogP contribution in [0.1, 0.15) is 25.3 Å². The molecule has 0 aliphatic heterocycles. The van der Waals surface area contributed by atoms with E-state index in [0.29, 0.717) is 12.1 Å². The molecule has 108 valence electrons. The molecule has 0 fully saturated rings. The molecule has 6 heteroatoms. The highest BCUT2D eigenvalue weighted by molar-refractivity contribution is 6.30. The normalized spacial score (nSPS) is 13.6. The van der Waals surface area contributed by atoms with Gasteiger partial charge in [-0.15, -0.1) is 0 Å². The van der Waals surface area contributed by atoms with Gasteiger partial charge in [-0.25, -0.2) is 4.39 Å². The molecule has 1 atom stereocenters. The van der Waals surface area contributed by atoms with Gasteiger partial charge < -0.3 is 5.32 Å². The Morgan fingerprint density at radius 2 is 2.00 bits per heavy atom. The molecular weight excluding hydrogens is 282 g/mol. The maximum atomic E-state index is 13.2. The Labute approximate surface area is 115 Å². The molecule has 0 radical (unpaired) electrons. The molecule has 1 rings (SSSR count). The van der Waals surface area contributed by atoms with Gasteiger partial charge in [0.2, 0.25) is 0 Å². The molecule has 1 nitrogen and oxygen atoms in total. The average molecular weight is 298 g/mol. The van der Waals surface area contributed by atoms with E-state index in [1.54, 1.807) is 6.07 Å². The summed E-state index contributed by atoms with van der Waals surface area (Å²) in [6, 6.07) is 3.33. The second kappa shape index (κ2) is 7.10. The lowest BCUT2D eigenvalue weighted by atomic mass is 10.0. The Balaban J connectivity index is 2.72. The van der Waals surface area contributed by atoms with E-state index >= 15 is 0 Å². The quantitative estimate of drug-likeness (QED) is 0.770. The molecule has 19 heavy (non-hydrogen) atoms. The summed E-state index contributed by atoms with van der Waals surface area (Å²) in [5, 5.41) is 2.80. The standard InChI is InChI=1S/C13H16ClF4N/c1-2-5-19-10(8-13(16,17)18)6-9-3-4-11(14)12(15)7-9/h3-4,7,10,19H,2,5-6,8H2,1H3. The molecule has 0 amide bonds. The summed E-state index contributed by atoms with van der Waals surface area (Å²) in [6.45, 7) is 2.37. The van der Waals surface area contributed by atoms with Gasteiger partial charge in [0.05, 0.1) is 11.4 Å². The van der Waals surface area contributed by atoms with Crippen LogP contribution in [-0.4, -0.2) is 18.8 Å². The summed E-state index contributed by atoms with van der Waals surface area (Å²) >= 11 is 5.54. The van der Waals surface area contributed by atoms with Crippen molar-refractivity contribution in [1.29, 1.82) is 0 Å². The van der Waals surface area contributed by atoms with Crippen LogP contribution in [0.3, 0.4) is 0 Å². The Morgan fingerprint density at radius 1 is 1.32 bits per heavy atom. The van der Waals surface area contributed by atoms with Gasteiger partial charge in [-0.3, -0.25) is 0 Å². The second-order valence-electron chi connectivity index (χ2n) is 4.42. The first-order valence-electron chi connectivity index (χ1n) is 6.06. The topological polar surface area (TPSA) is 12.0 Å². The minimum Gasteiger partial charge on any atom is -0.313 e. The van der Waals surface area contributed by atoms with Crippen molar-refractivity contribution in [1.82, 2.24) is 5.32 Å². The van der Waals surface area contributed by atoms with Crippen LogP contribution < -0.4 is 5.32 Å². The van der Waals surface area contributed by atoms with Crippen molar-refractivity contribution >= 4 is 11.6 Å². The number of halogens is 5. The van der Waals surface area contributed by atoms with Gasteiger partial charge in [-0.1, -0.05) is 24.6 Å². The molecule has 0 aliphatic rings. The van der Waals surface area contributed by atoms with E-state index in [4.69, 9.17) is 11.6 Å². The van der Waals surface area contributed by atoms with Gasteiger partial charge in [-0.05, 0) is 37.1 Å². The molecule has 0 aromatic heterocycles. The first-order chi connectivity index (χ1) is 8.81. The number of hydrogen-bond donors (Lipinski definition) is 1. The highest BCUT2D eigenvalue weighted by atomic mass is 35.5. The Hall–Kier alpha value is -0.810. The predicted molar refractivity (Wildman–Crippen MR) is 67.9 cm³/mol. The van der Waals surface area contributed by atoms with Gasteiger partial charge in [0.15, 0.2) is 0 Å². The van der Waals surface area contributed by atoms with Crippen molar-refractivity contribution in [2.45, 2.75) is 38.4 Å². The molecule has 0 aliphatic carbocycles. The van der Waals surface area contributed by atoms with E-state index < -0.39 is 24.5 Å². The van der Waals surface area contributed by atoms with Gasteiger partial charge in [-0.2, -0.15) is 13.2 Å². The zero-order chi connectivity index (χ0) is 14.5. The number of hydrogen-bond acceptors (Lipinski definition) is 1. The largest absolute Gasteiger partial charge is 0.390 e. The average Bonchev–Trinajstić information content (AvgIpc) is 2.29. The van der Waals surface area contributed by atoms with E-state index in [9.17, 15) is 17.6 Å². The van der Waals surface area contributed by atoms with Gasteiger partial charge in [0, 0.05) is 6.04 Å². The third-order valence-corrected chi connectivity index (χ3v) is 2.93. The third kappa shape index (κ3) is 6.25. The monoisotopic (exact) mass is 297 g/mol.